The van der Waals surface area contributed by atoms with Gasteiger partial charge in [-0.25, -0.2) is 8.42 Å². The largest absolute Gasteiger partial charge is 0.322 e. The summed E-state index contributed by atoms with van der Waals surface area (Å²) >= 11 is 2.09. The van der Waals surface area contributed by atoms with Crippen molar-refractivity contribution in [3.8, 4) is 0 Å². The van der Waals surface area contributed by atoms with E-state index >= 15 is 0 Å². The maximum atomic E-state index is 12.9. The average Bonchev–Trinajstić information content (AvgIpc) is 2.68. The number of rotatable bonds is 5. The van der Waals surface area contributed by atoms with Crippen molar-refractivity contribution >= 4 is 49.9 Å². The fraction of sp³-hybridized carbons (Fsp3) is 0.0500. The van der Waals surface area contributed by atoms with Crippen LogP contribution >= 0.6 is 22.6 Å². The SMILES string of the molecule is CN(c1ccccc1)S(=O)(=O)c1cccc(NC(=O)c2ccccc2I)c1. The van der Waals surface area contributed by atoms with Gasteiger partial charge in [0.25, 0.3) is 15.9 Å². The molecule has 1 amide bonds. The highest BCUT2D eigenvalue weighted by atomic mass is 127. The number of carbonyl (C=O) groups excluding carboxylic acids is 1. The summed E-state index contributed by atoms with van der Waals surface area (Å²) < 4.78 is 27.8. The van der Waals surface area contributed by atoms with Crippen molar-refractivity contribution in [2.45, 2.75) is 4.90 Å². The van der Waals surface area contributed by atoms with E-state index in [0.29, 0.717) is 16.9 Å². The first-order valence-electron chi connectivity index (χ1n) is 8.09. The molecule has 7 heteroatoms. The van der Waals surface area contributed by atoms with Crippen molar-refractivity contribution in [1.82, 2.24) is 0 Å². The molecule has 0 fully saturated rings. The van der Waals surface area contributed by atoms with Crippen LogP contribution in [-0.4, -0.2) is 21.4 Å². The zero-order chi connectivity index (χ0) is 19.4. The smallest absolute Gasteiger partial charge is 0.264 e. The van der Waals surface area contributed by atoms with E-state index < -0.39 is 10.0 Å². The molecule has 0 atom stereocenters. The van der Waals surface area contributed by atoms with Gasteiger partial charge in [-0.15, -0.1) is 0 Å². The van der Waals surface area contributed by atoms with Gasteiger partial charge >= 0.3 is 0 Å². The standard InChI is InChI=1S/C20H17IN2O3S/c1-23(16-9-3-2-4-10-16)27(25,26)17-11-7-8-15(14-17)22-20(24)18-12-5-6-13-19(18)21/h2-14H,1H3,(H,22,24). The molecule has 0 aliphatic carbocycles. The summed E-state index contributed by atoms with van der Waals surface area (Å²) in [6.45, 7) is 0. The maximum absolute atomic E-state index is 12.9. The predicted octanol–water partition coefficient (Wildman–Crippen LogP) is 4.37. The van der Waals surface area contributed by atoms with E-state index in [9.17, 15) is 13.2 Å². The predicted molar refractivity (Wildman–Crippen MR) is 116 cm³/mol. The third-order valence-electron chi connectivity index (χ3n) is 3.99. The number of para-hydroxylation sites is 1. The van der Waals surface area contributed by atoms with Gasteiger partial charge < -0.3 is 5.32 Å². The maximum Gasteiger partial charge on any atom is 0.264 e. The Labute approximate surface area is 172 Å². The van der Waals surface area contributed by atoms with Crippen molar-refractivity contribution in [3.63, 3.8) is 0 Å². The van der Waals surface area contributed by atoms with E-state index in [2.05, 4.69) is 27.9 Å². The lowest BCUT2D eigenvalue weighted by atomic mass is 10.2. The molecule has 5 nitrogen and oxygen atoms in total. The van der Waals surface area contributed by atoms with Crippen LogP contribution in [-0.2, 0) is 10.0 Å². The van der Waals surface area contributed by atoms with Crippen LogP contribution in [0, 0.1) is 3.57 Å². The molecule has 1 N–H and O–H groups in total. The number of benzene rings is 3. The number of carbonyl (C=O) groups is 1. The molecule has 27 heavy (non-hydrogen) atoms. The monoisotopic (exact) mass is 492 g/mol. The highest BCUT2D eigenvalue weighted by Crippen LogP contribution is 2.24. The van der Waals surface area contributed by atoms with Crippen LogP contribution in [0.15, 0.2) is 83.8 Å². The Bertz CT molecular complexity index is 1070. The summed E-state index contributed by atoms with van der Waals surface area (Å²) in [6, 6.07) is 22.3. The van der Waals surface area contributed by atoms with Gasteiger partial charge in [0.2, 0.25) is 0 Å². The number of hydrogen-bond donors (Lipinski definition) is 1. The molecule has 3 rings (SSSR count). The van der Waals surface area contributed by atoms with Crippen LogP contribution in [0.1, 0.15) is 10.4 Å². The number of hydrogen-bond acceptors (Lipinski definition) is 3. The van der Waals surface area contributed by atoms with E-state index in [4.69, 9.17) is 0 Å². The van der Waals surface area contributed by atoms with Crippen molar-refractivity contribution in [1.29, 1.82) is 0 Å². The first-order valence-corrected chi connectivity index (χ1v) is 10.6. The average molecular weight is 492 g/mol. The van der Waals surface area contributed by atoms with Gasteiger partial charge in [-0.2, -0.15) is 0 Å². The third kappa shape index (κ3) is 4.30. The number of halogens is 1. The summed E-state index contributed by atoms with van der Waals surface area (Å²) in [5.74, 6) is -0.286. The van der Waals surface area contributed by atoms with E-state index in [1.807, 2.05) is 18.2 Å². The first-order chi connectivity index (χ1) is 12.9. The van der Waals surface area contributed by atoms with Crippen molar-refractivity contribution < 1.29 is 13.2 Å². The fourth-order valence-corrected chi connectivity index (χ4v) is 4.39. The Morgan fingerprint density at radius 3 is 2.30 bits per heavy atom. The Balaban J connectivity index is 1.87. The van der Waals surface area contributed by atoms with Gasteiger partial charge in [0, 0.05) is 16.3 Å². The minimum atomic E-state index is -3.74. The number of sulfonamides is 1. The zero-order valence-corrected chi connectivity index (χ0v) is 17.4. The molecule has 0 aromatic heterocycles. The number of nitrogens with zero attached hydrogens (tertiary/aromatic N) is 1. The molecule has 0 spiro atoms. The Morgan fingerprint density at radius 1 is 0.926 bits per heavy atom. The van der Waals surface area contributed by atoms with Crippen molar-refractivity contribution in [3.05, 3.63) is 88.0 Å². The van der Waals surface area contributed by atoms with E-state index in [-0.39, 0.29) is 10.8 Å². The molecule has 3 aromatic carbocycles. The van der Waals surface area contributed by atoms with Crippen LogP contribution in [0.2, 0.25) is 0 Å². The molecule has 3 aromatic rings. The number of amides is 1. The van der Waals surface area contributed by atoms with Crippen LogP contribution in [0.25, 0.3) is 0 Å². The summed E-state index contributed by atoms with van der Waals surface area (Å²) in [4.78, 5) is 12.6. The van der Waals surface area contributed by atoms with E-state index in [0.717, 1.165) is 3.57 Å². The van der Waals surface area contributed by atoms with Crippen LogP contribution in [0.4, 0.5) is 11.4 Å². The summed E-state index contributed by atoms with van der Waals surface area (Å²) in [7, 11) is -2.24. The Hall–Kier alpha value is -2.39. The van der Waals surface area contributed by atoms with Gasteiger partial charge in [0.15, 0.2) is 0 Å². The van der Waals surface area contributed by atoms with E-state index in [1.165, 1.54) is 23.5 Å². The normalized spacial score (nSPS) is 11.0. The highest BCUT2D eigenvalue weighted by Gasteiger charge is 2.21. The summed E-state index contributed by atoms with van der Waals surface area (Å²) in [5, 5.41) is 2.76. The number of anilines is 2. The van der Waals surface area contributed by atoms with Crippen LogP contribution in [0.5, 0.6) is 0 Å². The molecule has 138 valence electrons. The zero-order valence-electron chi connectivity index (χ0n) is 14.5. The Kier molecular flexibility index (Phi) is 5.81. The highest BCUT2D eigenvalue weighted by molar-refractivity contribution is 14.1. The number of nitrogens with one attached hydrogen (secondary N) is 1. The molecule has 0 unspecified atom stereocenters. The lowest BCUT2D eigenvalue weighted by Gasteiger charge is -2.20. The summed E-state index contributed by atoms with van der Waals surface area (Å²) in [6.07, 6.45) is 0. The van der Waals surface area contributed by atoms with Crippen LogP contribution in [0.3, 0.4) is 0 Å². The second-order valence-electron chi connectivity index (χ2n) is 5.77. The van der Waals surface area contributed by atoms with E-state index in [1.54, 1.807) is 48.5 Å². The fourth-order valence-electron chi connectivity index (χ4n) is 2.51. The summed E-state index contributed by atoms with van der Waals surface area (Å²) in [5.41, 5.74) is 1.51. The third-order valence-corrected chi connectivity index (χ3v) is 6.71. The molecule has 0 aliphatic heterocycles. The Morgan fingerprint density at radius 2 is 1.59 bits per heavy atom. The van der Waals surface area contributed by atoms with Gasteiger partial charge in [0.1, 0.15) is 0 Å². The molecule has 0 heterocycles. The molecule has 0 saturated carbocycles. The van der Waals surface area contributed by atoms with Crippen molar-refractivity contribution in [2.75, 3.05) is 16.7 Å². The lowest BCUT2D eigenvalue weighted by molar-refractivity contribution is 0.102. The molecular formula is C20H17IN2O3S. The molecule has 0 radical (unpaired) electrons. The van der Waals surface area contributed by atoms with Crippen LogP contribution < -0.4 is 9.62 Å². The first kappa shape index (κ1) is 19.4. The quantitative estimate of drug-likeness (QED) is 0.539. The lowest BCUT2D eigenvalue weighted by Crippen LogP contribution is -2.26. The molecule has 0 bridgehead atoms. The molecular weight excluding hydrogens is 475 g/mol. The topological polar surface area (TPSA) is 66.5 Å². The van der Waals surface area contributed by atoms with Gasteiger partial charge in [0.05, 0.1) is 16.1 Å². The van der Waals surface area contributed by atoms with Crippen molar-refractivity contribution in [2.24, 2.45) is 0 Å². The minimum absolute atomic E-state index is 0.106. The molecule has 0 aliphatic rings. The second kappa shape index (κ2) is 8.10. The van der Waals surface area contributed by atoms with Gasteiger partial charge in [-0.05, 0) is 65.1 Å². The van der Waals surface area contributed by atoms with Gasteiger partial charge in [-0.3, -0.25) is 9.10 Å². The minimum Gasteiger partial charge on any atom is -0.322 e. The second-order valence-corrected chi connectivity index (χ2v) is 8.90. The van der Waals surface area contributed by atoms with Gasteiger partial charge in [-0.1, -0.05) is 36.4 Å². The molecule has 0 saturated heterocycles.